The highest BCUT2D eigenvalue weighted by molar-refractivity contribution is 14.1. The van der Waals surface area contributed by atoms with Crippen LogP contribution in [0.2, 0.25) is 0 Å². The topological polar surface area (TPSA) is 50.8 Å². The molecule has 92 valence electrons. The molecule has 6 heteroatoms. The molecule has 1 amide bonds. The Morgan fingerprint density at radius 2 is 2.00 bits per heavy atom. The Bertz CT molecular complexity index is 240. The van der Waals surface area contributed by atoms with Gasteiger partial charge in [-0.1, -0.05) is 0 Å². The molecular weight excluding hydrogens is 323 g/mol. The van der Waals surface area contributed by atoms with Crippen molar-refractivity contribution in [2.24, 2.45) is 0 Å². The molecule has 2 heterocycles. The summed E-state index contributed by atoms with van der Waals surface area (Å²) in [6, 6.07) is 0. The maximum Gasteiger partial charge on any atom is 0.248 e. The fraction of sp³-hybridized carbons (Fsp3) is 0.900. The monoisotopic (exact) mass is 340 g/mol. The molecule has 0 aromatic rings. The summed E-state index contributed by atoms with van der Waals surface area (Å²) in [6.45, 7) is 3.62. The van der Waals surface area contributed by atoms with E-state index in [0.29, 0.717) is 13.1 Å². The molecule has 0 radical (unpaired) electrons. The zero-order chi connectivity index (χ0) is 11.4. The van der Waals surface area contributed by atoms with Crippen molar-refractivity contribution in [3.8, 4) is 0 Å². The van der Waals surface area contributed by atoms with Crippen LogP contribution in [0.3, 0.4) is 0 Å². The van der Waals surface area contributed by atoms with E-state index in [2.05, 4.69) is 5.32 Å². The summed E-state index contributed by atoms with van der Waals surface area (Å²) in [6.07, 6.45) is 2.48. The van der Waals surface area contributed by atoms with E-state index in [-0.39, 0.29) is 24.7 Å². The molecule has 2 aliphatic rings. The van der Waals surface area contributed by atoms with Crippen molar-refractivity contribution in [3.05, 3.63) is 0 Å². The first kappa shape index (κ1) is 12.5. The molecule has 2 fully saturated rings. The minimum atomic E-state index is 0.0863. The van der Waals surface area contributed by atoms with Crippen LogP contribution in [0.25, 0.3) is 0 Å². The number of nitrogens with one attached hydrogen (secondary N) is 1. The summed E-state index contributed by atoms with van der Waals surface area (Å²) in [5, 5.41) is 3.27. The quantitative estimate of drug-likeness (QED) is 0.750. The smallest absolute Gasteiger partial charge is 0.248 e. The average molecular weight is 340 g/mol. The van der Waals surface area contributed by atoms with Crippen molar-refractivity contribution < 1.29 is 12.6 Å². The lowest BCUT2D eigenvalue weighted by Crippen LogP contribution is -2.55. The first-order valence-corrected chi connectivity index (χ1v) is 6.55. The van der Waals surface area contributed by atoms with Crippen molar-refractivity contribution in [2.75, 3.05) is 32.8 Å². The molecule has 2 rings (SSSR count). The zero-order valence-corrected chi connectivity index (χ0v) is 11.3. The van der Waals surface area contributed by atoms with E-state index < -0.39 is 0 Å². The molecule has 0 atom stereocenters. The van der Waals surface area contributed by atoms with E-state index >= 15 is 0 Å². The lowest BCUT2D eigenvalue weighted by Gasteiger charge is -2.37. The molecular formula is C10H17IN2O3. The van der Waals surface area contributed by atoms with Crippen molar-refractivity contribution in [1.29, 1.82) is 0 Å². The van der Waals surface area contributed by atoms with Crippen LogP contribution < -0.4 is 5.32 Å². The van der Waals surface area contributed by atoms with Gasteiger partial charge in [-0.25, -0.2) is 0 Å². The summed E-state index contributed by atoms with van der Waals surface area (Å²) in [4.78, 5) is 13.4. The zero-order valence-electron chi connectivity index (χ0n) is 9.15. The van der Waals surface area contributed by atoms with Gasteiger partial charge in [0.05, 0.1) is 6.10 Å². The van der Waals surface area contributed by atoms with E-state index in [9.17, 15) is 4.79 Å². The second kappa shape index (κ2) is 6.13. The van der Waals surface area contributed by atoms with Crippen molar-refractivity contribution in [1.82, 2.24) is 10.2 Å². The Hall–Kier alpha value is 0.0800. The Balaban J connectivity index is 1.60. The molecule has 1 N–H and O–H groups in total. The number of likely N-dealkylation sites (tertiary alicyclic amines) is 1. The summed E-state index contributed by atoms with van der Waals surface area (Å²) in [7, 11) is 0. The van der Waals surface area contributed by atoms with Gasteiger partial charge in [-0.05, 0) is 25.9 Å². The highest BCUT2D eigenvalue weighted by atomic mass is 127. The number of piperidine rings is 1. The molecule has 0 aromatic carbocycles. The molecule has 2 saturated heterocycles. The molecule has 0 unspecified atom stereocenters. The van der Waals surface area contributed by atoms with E-state index in [1.165, 1.54) is 0 Å². The molecule has 16 heavy (non-hydrogen) atoms. The van der Waals surface area contributed by atoms with Crippen LogP contribution >= 0.6 is 23.0 Å². The number of carbonyl (C=O) groups is 1. The third-order valence-corrected chi connectivity index (χ3v) is 3.77. The number of hydrogen-bond acceptors (Lipinski definition) is 4. The number of hydrogen-bond donors (Lipinski definition) is 1. The minimum Gasteiger partial charge on any atom is -0.368 e. The second-order valence-corrected chi connectivity index (χ2v) is 4.78. The molecule has 0 aromatic heterocycles. The standard InChI is InChI=1S/C10H17IN2O3/c11-16-9-5-13(6-9)10(14)7-15-8-1-3-12-4-2-8/h8-9,12H,1-7H2. The van der Waals surface area contributed by atoms with Gasteiger partial charge in [-0.2, -0.15) is 0 Å². The first-order chi connectivity index (χ1) is 7.79. The van der Waals surface area contributed by atoms with Gasteiger partial charge in [0.25, 0.3) is 0 Å². The summed E-state index contributed by atoms with van der Waals surface area (Å²) >= 11 is 1.88. The molecule has 0 aliphatic carbocycles. The summed E-state index contributed by atoms with van der Waals surface area (Å²) in [5.41, 5.74) is 0. The minimum absolute atomic E-state index is 0.0863. The van der Waals surface area contributed by atoms with Gasteiger partial charge in [-0.15, -0.1) is 0 Å². The number of nitrogens with zero attached hydrogens (tertiary/aromatic N) is 1. The van der Waals surface area contributed by atoms with Crippen LogP contribution in [0.1, 0.15) is 12.8 Å². The largest absolute Gasteiger partial charge is 0.368 e. The summed E-state index contributed by atoms with van der Waals surface area (Å²) < 4.78 is 10.7. The maximum absolute atomic E-state index is 11.7. The van der Waals surface area contributed by atoms with E-state index in [4.69, 9.17) is 7.80 Å². The van der Waals surface area contributed by atoms with Crippen LogP contribution in [0.4, 0.5) is 0 Å². The third-order valence-electron chi connectivity index (χ3n) is 3.06. The molecule has 0 bridgehead atoms. The van der Waals surface area contributed by atoms with Crippen molar-refractivity contribution >= 4 is 28.9 Å². The van der Waals surface area contributed by atoms with Gasteiger partial charge in [0.2, 0.25) is 5.91 Å². The van der Waals surface area contributed by atoms with Gasteiger partial charge >= 0.3 is 0 Å². The summed E-state index contributed by atoms with van der Waals surface area (Å²) in [5.74, 6) is 0.0863. The molecule has 5 nitrogen and oxygen atoms in total. The molecule has 0 saturated carbocycles. The number of halogens is 1. The Labute approximate surface area is 110 Å². The van der Waals surface area contributed by atoms with Gasteiger partial charge < -0.3 is 18.0 Å². The maximum atomic E-state index is 11.7. The molecule has 2 aliphatic heterocycles. The van der Waals surface area contributed by atoms with Gasteiger partial charge in [0, 0.05) is 13.1 Å². The number of rotatable bonds is 4. The van der Waals surface area contributed by atoms with Crippen molar-refractivity contribution in [2.45, 2.75) is 25.0 Å². The van der Waals surface area contributed by atoms with E-state index in [1.54, 1.807) is 4.90 Å². The predicted octanol–water partition coefficient (Wildman–Crippen LogP) is 0.332. The fourth-order valence-electron chi connectivity index (χ4n) is 1.94. The molecule has 0 spiro atoms. The SMILES string of the molecule is O=C(COC1CCNCC1)N1CC(OI)C1. The van der Waals surface area contributed by atoms with Crippen LogP contribution in [-0.2, 0) is 12.6 Å². The van der Waals surface area contributed by atoms with E-state index in [0.717, 1.165) is 25.9 Å². The van der Waals surface area contributed by atoms with Gasteiger partial charge in [0.15, 0.2) is 0 Å². The Kier molecular flexibility index (Phi) is 4.80. The van der Waals surface area contributed by atoms with Crippen LogP contribution in [0.5, 0.6) is 0 Å². The normalized spacial score (nSPS) is 23.2. The predicted molar refractivity (Wildman–Crippen MR) is 67.3 cm³/mol. The van der Waals surface area contributed by atoms with E-state index in [1.807, 2.05) is 23.0 Å². The number of ether oxygens (including phenoxy) is 1. The van der Waals surface area contributed by atoms with Gasteiger partial charge in [-0.3, -0.25) is 4.79 Å². The Morgan fingerprint density at radius 3 is 2.62 bits per heavy atom. The highest BCUT2D eigenvalue weighted by Crippen LogP contribution is 2.15. The first-order valence-electron chi connectivity index (χ1n) is 5.67. The average Bonchev–Trinajstić information content (AvgIpc) is 2.26. The number of carbonyl (C=O) groups excluding carboxylic acids is 1. The van der Waals surface area contributed by atoms with Gasteiger partial charge in [0.1, 0.15) is 35.7 Å². The third kappa shape index (κ3) is 3.28. The van der Waals surface area contributed by atoms with Crippen LogP contribution in [-0.4, -0.2) is 55.8 Å². The second-order valence-electron chi connectivity index (χ2n) is 4.27. The lowest BCUT2D eigenvalue weighted by molar-refractivity contribution is -0.146. The van der Waals surface area contributed by atoms with Crippen LogP contribution in [0.15, 0.2) is 0 Å². The Morgan fingerprint density at radius 1 is 1.31 bits per heavy atom. The van der Waals surface area contributed by atoms with Crippen LogP contribution in [0, 0.1) is 0 Å². The van der Waals surface area contributed by atoms with Crippen molar-refractivity contribution in [3.63, 3.8) is 0 Å². The fourth-order valence-corrected chi connectivity index (χ4v) is 2.26. The lowest BCUT2D eigenvalue weighted by atomic mass is 10.1. The highest BCUT2D eigenvalue weighted by Gasteiger charge is 2.31. The number of amides is 1.